The molecule has 7 heteroatoms. The molecule has 22 heavy (non-hydrogen) atoms. The average Bonchev–Trinajstić information content (AvgIpc) is 2.48. The maximum atomic E-state index is 11.8. The van der Waals surface area contributed by atoms with E-state index in [1.54, 1.807) is 31.3 Å². The van der Waals surface area contributed by atoms with Gasteiger partial charge in [0.15, 0.2) is 0 Å². The molecule has 3 rings (SSSR count). The van der Waals surface area contributed by atoms with Crippen LogP contribution >= 0.6 is 0 Å². The molecule has 0 bridgehead atoms. The molecule has 110 valence electrons. The summed E-state index contributed by atoms with van der Waals surface area (Å²) in [5, 5.41) is 21.1. The largest absolute Gasteiger partial charge is 0.501 e. The van der Waals surface area contributed by atoms with Crippen LogP contribution in [0.15, 0.2) is 41.3 Å². The molecular weight excluding hydrogens is 286 g/mol. The Morgan fingerprint density at radius 1 is 1.32 bits per heavy atom. The van der Waals surface area contributed by atoms with Crippen LogP contribution in [0.3, 0.4) is 0 Å². The second-order valence-electron chi connectivity index (χ2n) is 4.84. The minimum absolute atomic E-state index is 0.225. The molecule has 7 nitrogen and oxygen atoms in total. The molecule has 0 aliphatic rings. The molecular formula is C15H11N3O4. The molecule has 3 aromatic rings. The number of nitrogens with one attached hydrogen (secondary N) is 1. The van der Waals surface area contributed by atoms with E-state index in [-0.39, 0.29) is 5.39 Å². The van der Waals surface area contributed by atoms with Crippen LogP contribution in [0.5, 0.6) is 5.75 Å². The quantitative estimate of drug-likeness (QED) is 0.558. The van der Waals surface area contributed by atoms with Gasteiger partial charge >= 0.3 is 11.2 Å². The van der Waals surface area contributed by atoms with Crippen molar-refractivity contribution in [3.63, 3.8) is 0 Å². The molecule has 1 aromatic carbocycles. The van der Waals surface area contributed by atoms with Crippen molar-refractivity contribution in [1.29, 1.82) is 0 Å². The van der Waals surface area contributed by atoms with E-state index in [2.05, 4.69) is 9.97 Å². The molecule has 0 atom stereocenters. The highest BCUT2D eigenvalue weighted by Crippen LogP contribution is 2.33. The fourth-order valence-corrected chi connectivity index (χ4v) is 2.39. The summed E-state index contributed by atoms with van der Waals surface area (Å²) >= 11 is 0. The van der Waals surface area contributed by atoms with Gasteiger partial charge in [0, 0.05) is 17.1 Å². The van der Waals surface area contributed by atoms with E-state index >= 15 is 0 Å². The first kappa shape index (κ1) is 13.7. The van der Waals surface area contributed by atoms with Gasteiger partial charge in [0.25, 0.3) is 0 Å². The Morgan fingerprint density at radius 3 is 2.73 bits per heavy atom. The third kappa shape index (κ3) is 2.08. The van der Waals surface area contributed by atoms with E-state index in [0.29, 0.717) is 11.2 Å². The van der Waals surface area contributed by atoms with Crippen molar-refractivity contribution in [2.45, 2.75) is 6.92 Å². The van der Waals surface area contributed by atoms with Crippen LogP contribution in [-0.2, 0) is 0 Å². The van der Waals surface area contributed by atoms with Gasteiger partial charge in [0.1, 0.15) is 0 Å². The first-order valence-electron chi connectivity index (χ1n) is 6.44. The van der Waals surface area contributed by atoms with Crippen LogP contribution in [0.2, 0.25) is 0 Å². The molecule has 0 saturated heterocycles. The molecule has 0 unspecified atom stereocenters. The van der Waals surface area contributed by atoms with Crippen molar-refractivity contribution in [2.75, 3.05) is 0 Å². The zero-order valence-electron chi connectivity index (χ0n) is 11.5. The second kappa shape index (κ2) is 4.96. The molecule has 2 N–H and O–H groups in total. The van der Waals surface area contributed by atoms with Crippen molar-refractivity contribution in [3.8, 4) is 17.0 Å². The normalized spacial score (nSPS) is 10.8. The maximum Gasteiger partial charge on any atom is 0.375 e. The number of hydrogen-bond acceptors (Lipinski definition) is 5. The smallest absolute Gasteiger partial charge is 0.375 e. The van der Waals surface area contributed by atoms with Crippen LogP contribution in [0, 0.1) is 17.0 Å². The number of H-pyrrole nitrogens is 1. The number of benzene rings is 1. The lowest BCUT2D eigenvalue weighted by molar-refractivity contribution is -0.387. The average molecular weight is 297 g/mol. The van der Waals surface area contributed by atoms with Crippen LogP contribution in [-0.4, -0.2) is 20.0 Å². The van der Waals surface area contributed by atoms with E-state index in [0.717, 1.165) is 11.1 Å². The van der Waals surface area contributed by atoms with E-state index in [1.807, 2.05) is 12.1 Å². The molecule has 2 heterocycles. The van der Waals surface area contributed by atoms with Crippen LogP contribution < -0.4 is 5.56 Å². The summed E-state index contributed by atoms with van der Waals surface area (Å²) in [5.74, 6) is -0.626. The number of nitro groups is 1. The maximum absolute atomic E-state index is 11.8. The zero-order valence-corrected chi connectivity index (χ0v) is 11.5. The van der Waals surface area contributed by atoms with E-state index in [1.165, 1.54) is 0 Å². The fraction of sp³-hybridized carbons (Fsp3) is 0.0667. The lowest BCUT2D eigenvalue weighted by Gasteiger charge is -2.08. The summed E-state index contributed by atoms with van der Waals surface area (Å²) in [4.78, 5) is 28.4. The molecule has 0 aliphatic heterocycles. The van der Waals surface area contributed by atoms with Gasteiger partial charge in [-0.15, -0.1) is 0 Å². The molecule has 2 aromatic heterocycles. The number of aromatic hydroxyl groups is 1. The SMILES string of the molecule is Cc1cc2c(O)c([N+](=O)[O-])c(=O)[nH]c2cc1-c1ccccn1. The Hall–Kier alpha value is -3.22. The third-order valence-corrected chi connectivity index (χ3v) is 3.43. The Morgan fingerprint density at radius 2 is 2.09 bits per heavy atom. The Labute approximate surface area is 124 Å². The van der Waals surface area contributed by atoms with Crippen molar-refractivity contribution in [3.05, 3.63) is 62.6 Å². The summed E-state index contributed by atoms with van der Waals surface area (Å²) in [6, 6.07) is 8.69. The van der Waals surface area contributed by atoms with Gasteiger partial charge in [0.2, 0.25) is 5.75 Å². The summed E-state index contributed by atoms with van der Waals surface area (Å²) in [6.07, 6.45) is 1.65. The number of rotatable bonds is 2. The Kier molecular flexibility index (Phi) is 3.10. The lowest BCUT2D eigenvalue weighted by atomic mass is 10.0. The van der Waals surface area contributed by atoms with Crippen molar-refractivity contribution in [1.82, 2.24) is 9.97 Å². The van der Waals surface area contributed by atoms with Gasteiger partial charge in [-0.05, 0) is 36.8 Å². The van der Waals surface area contributed by atoms with E-state index in [4.69, 9.17) is 0 Å². The van der Waals surface area contributed by atoms with E-state index < -0.39 is 21.9 Å². The number of fused-ring (bicyclic) bond motifs is 1. The summed E-state index contributed by atoms with van der Waals surface area (Å²) in [6.45, 7) is 1.81. The molecule has 0 fully saturated rings. The topological polar surface area (TPSA) is 109 Å². The highest BCUT2D eigenvalue weighted by Gasteiger charge is 2.23. The Bertz CT molecular complexity index is 948. The number of hydrogen-bond donors (Lipinski definition) is 2. The van der Waals surface area contributed by atoms with Gasteiger partial charge in [-0.2, -0.15) is 0 Å². The molecule has 0 amide bonds. The van der Waals surface area contributed by atoms with Gasteiger partial charge < -0.3 is 10.1 Å². The van der Waals surface area contributed by atoms with Crippen molar-refractivity contribution < 1.29 is 10.0 Å². The predicted molar refractivity (Wildman–Crippen MR) is 80.9 cm³/mol. The number of aryl methyl sites for hydroxylation is 1. The monoisotopic (exact) mass is 297 g/mol. The van der Waals surface area contributed by atoms with E-state index in [9.17, 15) is 20.0 Å². The minimum atomic E-state index is -0.939. The molecule has 0 radical (unpaired) electrons. The summed E-state index contributed by atoms with van der Waals surface area (Å²) < 4.78 is 0. The van der Waals surface area contributed by atoms with Crippen LogP contribution in [0.4, 0.5) is 5.69 Å². The van der Waals surface area contributed by atoms with Gasteiger partial charge in [-0.1, -0.05) is 6.07 Å². The fourth-order valence-electron chi connectivity index (χ4n) is 2.39. The highest BCUT2D eigenvalue weighted by molar-refractivity contribution is 5.92. The summed E-state index contributed by atoms with van der Waals surface area (Å²) in [5.41, 5.74) is 0.795. The first-order valence-corrected chi connectivity index (χ1v) is 6.44. The number of pyridine rings is 2. The second-order valence-corrected chi connectivity index (χ2v) is 4.84. The number of aromatic amines is 1. The third-order valence-electron chi connectivity index (χ3n) is 3.43. The number of aromatic nitrogens is 2. The zero-order chi connectivity index (χ0) is 15.9. The lowest BCUT2D eigenvalue weighted by Crippen LogP contribution is -2.11. The van der Waals surface area contributed by atoms with Gasteiger partial charge in [-0.3, -0.25) is 19.9 Å². The number of nitrogens with zero attached hydrogens (tertiary/aromatic N) is 2. The predicted octanol–water partition coefficient (Wildman–Crippen LogP) is 2.51. The molecule has 0 spiro atoms. The van der Waals surface area contributed by atoms with Gasteiger partial charge in [0.05, 0.1) is 16.1 Å². The van der Waals surface area contributed by atoms with Crippen LogP contribution in [0.1, 0.15) is 5.56 Å². The Balaban J connectivity index is 2.35. The molecule has 0 aliphatic carbocycles. The minimum Gasteiger partial charge on any atom is -0.501 e. The van der Waals surface area contributed by atoms with Crippen molar-refractivity contribution >= 4 is 16.6 Å². The standard InChI is InChI=1S/C15H11N3O4/c1-8-6-10-12(7-9(8)11-4-2-3-5-16-11)17-15(20)13(14(10)19)18(21)22/h2-7H,1H3,(H2,17,19,20). The highest BCUT2D eigenvalue weighted by atomic mass is 16.6. The van der Waals surface area contributed by atoms with Crippen LogP contribution in [0.25, 0.3) is 22.2 Å². The molecule has 0 saturated carbocycles. The van der Waals surface area contributed by atoms with Crippen molar-refractivity contribution in [2.24, 2.45) is 0 Å². The summed E-state index contributed by atoms with van der Waals surface area (Å²) in [7, 11) is 0. The van der Waals surface area contributed by atoms with Gasteiger partial charge in [-0.25, -0.2) is 0 Å². The first-order chi connectivity index (χ1) is 10.5.